The highest BCUT2D eigenvalue weighted by molar-refractivity contribution is 5.97. The predicted octanol–water partition coefficient (Wildman–Crippen LogP) is 0.732. The Morgan fingerprint density at radius 3 is 2.41 bits per heavy atom. The Labute approximate surface area is 129 Å². The molecule has 2 amide bonds. The van der Waals surface area contributed by atoms with Gasteiger partial charge in [-0.2, -0.15) is 0 Å². The van der Waals surface area contributed by atoms with E-state index in [9.17, 15) is 14.4 Å². The molecule has 1 unspecified atom stereocenters. The maximum Gasteiger partial charge on any atom is 0.320 e. The van der Waals surface area contributed by atoms with Gasteiger partial charge in [0.1, 0.15) is 6.04 Å². The Kier molecular flexibility index (Phi) is 6.06. The van der Waals surface area contributed by atoms with Gasteiger partial charge in [0, 0.05) is 25.3 Å². The van der Waals surface area contributed by atoms with Crippen LogP contribution in [0.5, 0.6) is 0 Å². The molecular weight excluding hydrogens is 286 g/mol. The highest BCUT2D eigenvalue weighted by Crippen LogP contribution is 2.12. The van der Waals surface area contributed by atoms with Gasteiger partial charge in [-0.25, -0.2) is 0 Å². The molecule has 1 atom stereocenters. The minimum absolute atomic E-state index is 0.0562. The summed E-state index contributed by atoms with van der Waals surface area (Å²) < 4.78 is 0. The fraction of sp³-hybridized carbons (Fsp3) is 0.400. The van der Waals surface area contributed by atoms with Crippen LogP contribution in [0, 0.1) is 0 Å². The Bertz CT molecular complexity index is 572. The van der Waals surface area contributed by atoms with E-state index in [2.05, 4.69) is 5.32 Å². The Morgan fingerprint density at radius 1 is 1.23 bits per heavy atom. The van der Waals surface area contributed by atoms with Gasteiger partial charge in [0.25, 0.3) is 5.91 Å². The molecule has 1 aromatic carbocycles. The summed E-state index contributed by atoms with van der Waals surface area (Å²) in [4.78, 5) is 37.5. The molecule has 0 saturated heterocycles. The van der Waals surface area contributed by atoms with Crippen molar-refractivity contribution < 1.29 is 19.5 Å². The molecule has 7 heteroatoms. The Morgan fingerprint density at radius 2 is 1.86 bits per heavy atom. The van der Waals surface area contributed by atoms with Crippen LogP contribution in [0.25, 0.3) is 0 Å². The number of carbonyl (C=O) groups is 3. The number of anilines is 1. The number of nitrogens with zero attached hydrogens (tertiary/aromatic N) is 2. The molecule has 120 valence electrons. The molecule has 0 saturated carbocycles. The highest BCUT2D eigenvalue weighted by Gasteiger charge is 2.19. The quantitative estimate of drug-likeness (QED) is 0.809. The van der Waals surface area contributed by atoms with Crippen LogP contribution in [0.4, 0.5) is 5.69 Å². The van der Waals surface area contributed by atoms with Crippen molar-refractivity contribution in [1.82, 2.24) is 9.80 Å². The van der Waals surface area contributed by atoms with E-state index in [0.717, 1.165) is 0 Å². The van der Waals surface area contributed by atoms with Crippen LogP contribution < -0.4 is 5.32 Å². The highest BCUT2D eigenvalue weighted by atomic mass is 16.4. The van der Waals surface area contributed by atoms with Crippen LogP contribution in [0.15, 0.2) is 24.3 Å². The zero-order valence-electron chi connectivity index (χ0n) is 13.2. The molecule has 0 aliphatic heterocycles. The van der Waals surface area contributed by atoms with E-state index in [4.69, 9.17) is 5.11 Å². The first kappa shape index (κ1) is 17.6. The second-order valence-electron chi connectivity index (χ2n) is 5.26. The van der Waals surface area contributed by atoms with E-state index >= 15 is 0 Å². The molecule has 0 radical (unpaired) electrons. The number of amides is 2. The minimum Gasteiger partial charge on any atom is -0.480 e. The van der Waals surface area contributed by atoms with Crippen molar-refractivity contribution >= 4 is 23.5 Å². The number of carboxylic acid groups (broad SMARTS) is 1. The monoisotopic (exact) mass is 307 g/mol. The Balaban J connectivity index is 2.71. The fourth-order valence-corrected chi connectivity index (χ4v) is 1.74. The van der Waals surface area contributed by atoms with Crippen molar-refractivity contribution in [1.29, 1.82) is 0 Å². The molecule has 1 aromatic rings. The van der Waals surface area contributed by atoms with Crippen molar-refractivity contribution in [2.24, 2.45) is 0 Å². The van der Waals surface area contributed by atoms with Crippen LogP contribution in [0.1, 0.15) is 17.3 Å². The number of carbonyl (C=O) groups excluding carboxylic acids is 2. The van der Waals surface area contributed by atoms with Crippen molar-refractivity contribution in [2.75, 3.05) is 33.0 Å². The maximum absolute atomic E-state index is 11.9. The summed E-state index contributed by atoms with van der Waals surface area (Å²) >= 11 is 0. The maximum atomic E-state index is 11.9. The number of likely N-dealkylation sites (N-methyl/N-ethyl adjacent to an activating group) is 1. The predicted molar refractivity (Wildman–Crippen MR) is 82.8 cm³/mol. The molecule has 1 rings (SSSR count). The van der Waals surface area contributed by atoms with Gasteiger partial charge in [0.15, 0.2) is 0 Å². The van der Waals surface area contributed by atoms with E-state index in [1.54, 1.807) is 45.4 Å². The molecule has 0 heterocycles. The van der Waals surface area contributed by atoms with Gasteiger partial charge in [-0.1, -0.05) is 6.07 Å². The minimum atomic E-state index is -0.992. The Hall–Kier alpha value is -2.41. The number of rotatable bonds is 6. The zero-order valence-corrected chi connectivity index (χ0v) is 13.2. The van der Waals surface area contributed by atoms with E-state index in [1.807, 2.05) is 0 Å². The zero-order chi connectivity index (χ0) is 16.9. The third-order valence-corrected chi connectivity index (χ3v) is 3.21. The average molecular weight is 307 g/mol. The van der Waals surface area contributed by atoms with Gasteiger partial charge in [-0.15, -0.1) is 0 Å². The molecule has 0 fully saturated rings. The van der Waals surface area contributed by atoms with Crippen LogP contribution >= 0.6 is 0 Å². The molecule has 2 N–H and O–H groups in total. The van der Waals surface area contributed by atoms with Crippen LogP contribution in [-0.2, 0) is 9.59 Å². The number of carboxylic acids is 1. The summed E-state index contributed by atoms with van der Waals surface area (Å²) in [6.07, 6.45) is 0. The van der Waals surface area contributed by atoms with Crippen LogP contribution in [-0.4, -0.2) is 66.4 Å². The van der Waals surface area contributed by atoms with Crippen molar-refractivity contribution in [3.05, 3.63) is 29.8 Å². The van der Waals surface area contributed by atoms with Crippen molar-refractivity contribution in [3.8, 4) is 0 Å². The van der Waals surface area contributed by atoms with Crippen molar-refractivity contribution in [2.45, 2.75) is 13.0 Å². The molecule has 0 spiro atoms. The van der Waals surface area contributed by atoms with Gasteiger partial charge < -0.3 is 15.3 Å². The number of hydrogen-bond acceptors (Lipinski definition) is 4. The topological polar surface area (TPSA) is 90.0 Å². The normalized spacial score (nSPS) is 11.9. The first-order valence-electron chi connectivity index (χ1n) is 6.77. The molecular formula is C15H21N3O4. The summed E-state index contributed by atoms with van der Waals surface area (Å²) in [6.45, 7) is 1.45. The van der Waals surface area contributed by atoms with Crippen LogP contribution in [0.2, 0.25) is 0 Å². The number of nitrogens with one attached hydrogen (secondary N) is 1. The lowest BCUT2D eigenvalue weighted by molar-refractivity contribution is -0.142. The number of benzene rings is 1. The third kappa shape index (κ3) is 4.85. The lowest BCUT2D eigenvalue weighted by atomic mass is 10.2. The molecule has 7 nitrogen and oxygen atoms in total. The molecule has 22 heavy (non-hydrogen) atoms. The van der Waals surface area contributed by atoms with Gasteiger partial charge in [0.05, 0.1) is 6.54 Å². The standard InChI is InChI=1S/C15H21N3O4/c1-10(15(21)22)18(4)9-13(19)16-12-7-5-6-11(8-12)14(20)17(2)3/h5-8,10H,9H2,1-4H3,(H,16,19)(H,21,22). The summed E-state index contributed by atoms with van der Waals surface area (Å²) in [6, 6.07) is 5.84. The SMILES string of the molecule is CC(C(=O)O)N(C)CC(=O)Nc1cccc(C(=O)N(C)C)c1. The largest absolute Gasteiger partial charge is 0.480 e. The van der Waals surface area contributed by atoms with E-state index in [-0.39, 0.29) is 18.4 Å². The summed E-state index contributed by atoms with van der Waals surface area (Å²) in [5.41, 5.74) is 0.962. The van der Waals surface area contributed by atoms with Gasteiger partial charge in [-0.05, 0) is 32.2 Å². The molecule has 0 aromatic heterocycles. The molecule has 0 bridgehead atoms. The smallest absolute Gasteiger partial charge is 0.320 e. The average Bonchev–Trinajstić information content (AvgIpc) is 2.45. The number of aliphatic carboxylic acids is 1. The van der Waals surface area contributed by atoms with E-state index < -0.39 is 12.0 Å². The molecule has 0 aliphatic rings. The summed E-state index contributed by atoms with van der Waals surface area (Å²) in [7, 11) is 4.86. The lowest BCUT2D eigenvalue weighted by Crippen LogP contribution is -2.40. The second-order valence-corrected chi connectivity index (χ2v) is 5.26. The summed E-state index contributed by atoms with van der Waals surface area (Å²) in [5.74, 6) is -1.49. The van der Waals surface area contributed by atoms with E-state index in [1.165, 1.54) is 16.7 Å². The summed E-state index contributed by atoms with van der Waals surface area (Å²) in [5, 5.41) is 11.5. The third-order valence-electron chi connectivity index (χ3n) is 3.21. The number of hydrogen-bond donors (Lipinski definition) is 2. The second kappa shape index (κ2) is 7.56. The molecule has 0 aliphatic carbocycles. The van der Waals surface area contributed by atoms with Crippen LogP contribution in [0.3, 0.4) is 0 Å². The lowest BCUT2D eigenvalue weighted by Gasteiger charge is -2.20. The van der Waals surface area contributed by atoms with Crippen molar-refractivity contribution in [3.63, 3.8) is 0 Å². The van der Waals surface area contributed by atoms with Gasteiger partial charge in [-0.3, -0.25) is 19.3 Å². The first-order valence-corrected chi connectivity index (χ1v) is 6.77. The van der Waals surface area contributed by atoms with E-state index in [0.29, 0.717) is 11.3 Å². The van der Waals surface area contributed by atoms with Gasteiger partial charge >= 0.3 is 5.97 Å². The fourth-order valence-electron chi connectivity index (χ4n) is 1.74. The van der Waals surface area contributed by atoms with Gasteiger partial charge in [0.2, 0.25) is 5.91 Å². The first-order chi connectivity index (χ1) is 10.2.